The number of pyridine rings is 1. The second-order valence-electron chi connectivity index (χ2n) is 3.66. The predicted octanol–water partition coefficient (Wildman–Crippen LogP) is 3.29. The van der Waals surface area contributed by atoms with Crippen molar-refractivity contribution < 1.29 is 13.5 Å². The lowest BCUT2D eigenvalue weighted by Crippen LogP contribution is -2.05. The lowest BCUT2D eigenvalue weighted by atomic mass is 10.00. The molecule has 0 unspecified atom stereocenters. The third-order valence-corrected chi connectivity index (χ3v) is 2.18. The van der Waals surface area contributed by atoms with Gasteiger partial charge in [0.05, 0.1) is 12.3 Å². The molecular formula is C11H15F2NO. The van der Waals surface area contributed by atoms with Crippen LogP contribution in [-0.2, 0) is 11.3 Å². The van der Waals surface area contributed by atoms with Crippen LogP contribution in [0.15, 0.2) is 12.3 Å². The summed E-state index contributed by atoms with van der Waals surface area (Å²) in [4.78, 5) is 4.01. The lowest BCUT2D eigenvalue weighted by Gasteiger charge is -2.14. The second-order valence-corrected chi connectivity index (χ2v) is 3.66. The molecule has 1 rings (SSSR count). The summed E-state index contributed by atoms with van der Waals surface area (Å²) in [5.74, 6) is -0.00851. The van der Waals surface area contributed by atoms with E-state index in [9.17, 15) is 8.78 Å². The van der Waals surface area contributed by atoms with Crippen molar-refractivity contribution in [3.63, 3.8) is 0 Å². The Kier molecular flexibility index (Phi) is 4.15. The minimum Gasteiger partial charge on any atom is -0.380 e. The van der Waals surface area contributed by atoms with Gasteiger partial charge in [-0.2, -0.15) is 0 Å². The third kappa shape index (κ3) is 2.72. The first-order valence-corrected chi connectivity index (χ1v) is 4.82. The molecule has 15 heavy (non-hydrogen) atoms. The largest absolute Gasteiger partial charge is 0.380 e. The summed E-state index contributed by atoms with van der Waals surface area (Å²) in [5, 5.41) is 0. The zero-order chi connectivity index (χ0) is 11.4. The van der Waals surface area contributed by atoms with E-state index < -0.39 is 6.43 Å². The normalized spacial score (nSPS) is 11.4. The van der Waals surface area contributed by atoms with E-state index in [-0.39, 0.29) is 18.1 Å². The van der Waals surface area contributed by atoms with Crippen LogP contribution >= 0.6 is 0 Å². The fourth-order valence-corrected chi connectivity index (χ4v) is 1.52. The first kappa shape index (κ1) is 12.0. The number of hydrogen-bond acceptors (Lipinski definition) is 2. The van der Waals surface area contributed by atoms with Crippen molar-refractivity contribution in [2.75, 3.05) is 7.11 Å². The van der Waals surface area contributed by atoms with E-state index in [1.807, 2.05) is 13.8 Å². The van der Waals surface area contributed by atoms with Gasteiger partial charge in [-0.25, -0.2) is 8.78 Å². The molecule has 0 saturated carbocycles. The Bertz CT molecular complexity index is 326. The zero-order valence-corrected chi connectivity index (χ0v) is 9.13. The van der Waals surface area contributed by atoms with Crippen molar-refractivity contribution in [2.24, 2.45) is 0 Å². The maximum absolute atomic E-state index is 12.9. The predicted molar refractivity (Wildman–Crippen MR) is 54.0 cm³/mol. The molecule has 0 amide bonds. The number of halogens is 2. The molecule has 0 bridgehead atoms. The number of hydrogen-bond donors (Lipinski definition) is 0. The van der Waals surface area contributed by atoms with Crippen LogP contribution in [0.3, 0.4) is 0 Å². The number of nitrogens with zero attached hydrogens (tertiary/aromatic N) is 1. The second kappa shape index (κ2) is 5.16. The zero-order valence-electron chi connectivity index (χ0n) is 9.13. The Balaban J connectivity index is 3.22. The van der Waals surface area contributed by atoms with Crippen molar-refractivity contribution in [2.45, 2.75) is 32.8 Å². The number of aromatic nitrogens is 1. The van der Waals surface area contributed by atoms with E-state index in [0.717, 1.165) is 0 Å². The molecule has 0 N–H and O–H groups in total. The Morgan fingerprint density at radius 3 is 2.53 bits per heavy atom. The molecule has 4 heteroatoms. The van der Waals surface area contributed by atoms with Crippen LogP contribution in [-0.4, -0.2) is 12.1 Å². The lowest BCUT2D eigenvalue weighted by molar-refractivity contribution is 0.139. The third-order valence-electron chi connectivity index (χ3n) is 2.18. The molecule has 1 aromatic rings. The van der Waals surface area contributed by atoms with Gasteiger partial charge in [0, 0.05) is 18.9 Å². The summed E-state index contributed by atoms with van der Waals surface area (Å²) in [6, 6.07) is 1.58. The van der Waals surface area contributed by atoms with Crippen LogP contribution in [0, 0.1) is 0 Å². The van der Waals surface area contributed by atoms with Gasteiger partial charge in [0.2, 0.25) is 0 Å². The van der Waals surface area contributed by atoms with Gasteiger partial charge in [0.1, 0.15) is 0 Å². The molecule has 2 nitrogen and oxygen atoms in total. The molecule has 84 valence electrons. The monoisotopic (exact) mass is 215 g/mol. The number of methoxy groups -OCH3 is 1. The molecule has 0 spiro atoms. The average molecular weight is 215 g/mol. The number of rotatable bonds is 4. The van der Waals surface area contributed by atoms with Crippen molar-refractivity contribution in [3.05, 3.63) is 29.1 Å². The van der Waals surface area contributed by atoms with E-state index in [0.29, 0.717) is 11.3 Å². The van der Waals surface area contributed by atoms with E-state index in [2.05, 4.69) is 4.98 Å². The highest BCUT2D eigenvalue weighted by Crippen LogP contribution is 2.30. The van der Waals surface area contributed by atoms with Crippen LogP contribution in [0.1, 0.15) is 43.0 Å². The quantitative estimate of drug-likeness (QED) is 0.768. The summed E-state index contributed by atoms with van der Waals surface area (Å²) < 4.78 is 30.6. The Hall–Kier alpha value is -1.03. The first-order chi connectivity index (χ1) is 7.07. The van der Waals surface area contributed by atoms with Crippen molar-refractivity contribution >= 4 is 0 Å². The average Bonchev–Trinajstić information content (AvgIpc) is 2.17. The summed E-state index contributed by atoms with van der Waals surface area (Å²) in [6.45, 7) is 3.90. The van der Waals surface area contributed by atoms with E-state index in [4.69, 9.17) is 4.74 Å². The van der Waals surface area contributed by atoms with Gasteiger partial charge in [0.15, 0.2) is 0 Å². The summed E-state index contributed by atoms with van der Waals surface area (Å²) >= 11 is 0. The highest BCUT2D eigenvalue weighted by atomic mass is 19.3. The standard InChI is InChI=1S/C11H15F2NO/c1-7(2)10-9(11(12)13)8(6-15-3)4-5-14-10/h4-5,7,11H,6H2,1-3H3. The molecule has 0 fully saturated rings. The fraction of sp³-hybridized carbons (Fsp3) is 0.545. The summed E-state index contributed by atoms with van der Waals surface area (Å²) in [6.07, 6.45) is -0.948. The molecular weight excluding hydrogens is 200 g/mol. The van der Waals surface area contributed by atoms with Crippen LogP contribution in [0.5, 0.6) is 0 Å². The van der Waals surface area contributed by atoms with E-state index in [1.54, 1.807) is 12.3 Å². The minimum atomic E-state index is -2.50. The number of ether oxygens (including phenoxy) is 1. The molecule has 0 radical (unpaired) electrons. The fourth-order valence-electron chi connectivity index (χ4n) is 1.52. The highest BCUT2D eigenvalue weighted by molar-refractivity contribution is 5.32. The van der Waals surface area contributed by atoms with Crippen molar-refractivity contribution in [1.82, 2.24) is 4.98 Å². The van der Waals surface area contributed by atoms with Crippen LogP contribution < -0.4 is 0 Å². The van der Waals surface area contributed by atoms with Gasteiger partial charge in [-0.1, -0.05) is 13.8 Å². The van der Waals surface area contributed by atoms with Gasteiger partial charge in [0.25, 0.3) is 6.43 Å². The SMILES string of the molecule is COCc1ccnc(C(C)C)c1C(F)F. The molecule has 1 heterocycles. The highest BCUT2D eigenvalue weighted by Gasteiger charge is 2.20. The van der Waals surface area contributed by atoms with Gasteiger partial charge in [-0.3, -0.25) is 4.98 Å². The number of alkyl halides is 2. The van der Waals surface area contributed by atoms with Crippen molar-refractivity contribution in [1.29, 1.82) is 0 Å². The summed E-state index contributed by atoms with van der Waals surface area (Å²) in [5.41, 5.74) is 1.00. The van der Waals surface area contributed by atoms with Gasteiger partial charge < -0.3 is 4.74 Å². The molecule has 0 aromatic carbocycles. The van der Waals surface area contributed by atoms with Crippen LogP contribution in [0.25, 0.3) is 0 Å². The van der Waals surface area contributed by atoms with Crippen LogP contribution in [0.4, 0.5) is 8.78 Å². The van der Waals surface area contributed by atoms with Gasteiger partial charge in [-0.05, 0) is 17.5 Å². The van der Waals surface area contributed by atoms with E-state index >= 15 is 0 Å². The molecule has 0 atom stereocenters. The maximum atomic E-state index is 12.9. The molecule has 0 aliphatic heterocycles. The van der Waals surface area contributed by atoms with Gasteiger partial charge in [-0.15, -0.1) is 0 Å². The Labute approximate surface area is 88.3 Å². The van der Waals surface area contributed by atoms with E-state index in [1.165, 1.54) is 7.11 Å². The topological polar surface area (TPSA) is 22.1 Å². The van der Waals surface area contributed by atoms with Crippen LogP contribution in [0.2, 0.25) is 0 Å². The Morgan fingerprint density at radius 1 is 1.40 bits per heavy atom. The molecule has 0 aliphatic rings. The van der Waals surface area contributed by atoms with Crippen molar-refractivity contribution in [3.8, 4) is 0 Å². The molecule has 0 aliphatic carbocycles. The maximum Gasteiger partial charge on any atom is 0.265 e. The molecule has 1 aromatic heterocycles. The Morgan fingerprint density at radius 2 is 2.07 bits per heavy atom. The summed E-state index contributed by atoms with van der Waals surface area (Å²) in [7, 11) is 1.49. The smallest absolute Gasteiger partial charge is 0.265 e. The van der Waals surface area contributed by atoms with Gasteiger partial charge >= 0.3 is 0 Å². The first-order valence-electron chi connectivity index (χ1n) is 4.82. The minimum absolute atomic E-state index is 0.00851. The molecule has 0 saturated heterocycles.